The Morgan fingerprint density at radius 2 is 2.42 bits per heavy atom. The number of nitrogens with zero attached hydrogens (tertiary/aromatic N) is 2. The standard InChI is InChI=1S/C14H17N3OS/c1-10-5-8-19-13(10)14(18)17-7-2-3-11(9-17)12-4-6-15-16-12/h4-6,8,11H,2-3,7,9H2,1H3,(H,15,16)/t11-/m0/s1. The number of aryl methyl sites for hydroxylation is 1. The molecule has 1 fully saturated rings. The summed E-state index contributed by atoms with van der Waals surface area (Å²) in [4.78, 5) is 15.4. The maximum absolute atomic E-state index is 12.5. The van der Waals surface area contributed by atoms with Crippen LogP contribution in [0.2, 0.25) is 0 Å². The van der Waals surface area contributed by atoms with Crippen LogP contribution in [0.25, 0.3) is 0 Å². The van der Waals surface area contributed by atoms with Crippen molar-refractivity contribution in [3.8, 4) is 0 Å². The molecule has 2 aromatic rings. The Morgan fingerprint density at radius 3 is 3.11 bits per heavy atom. The third-order valence-corrected chi connectivity index (χ3v) is 4.73. The lowest BCUT2D eigenvalue weighted by atomic mass is 9.95. The molecule has 1 aliphatic rings. The smallest absolute Gasteiger partial charge is 0.264 e. The molecule has 0 bridgehead atoms. The van der Waals surface area contributed by atoms with Crippen LogP contribution >= 0.6 is 11.3 Å². The zero-order chi connectivity index (χ0) is 13.2. The lowest BCUT2D eigenvalue weighted by Gasteiger charge is -2.32. The van der Waals surface area contributed by atoms with Gasteiger partial charge in [0, 0.05) is 30.9 Å². The number of carbonyl (C=O) groups excluding carboxylic acids is 1. The first-order valence-electron chi connectivity index (χ1n) is 6.58. The monoisotopic (exact) mass is 275 g/mol. The topological polar surface area (TPSA) is 49.0 Å². The third kappa shape index (κ3) is 2.42. The number of nitrogens with one attached hydrogen (secondary N) is 1. The van der Waals surface area contributed by atoms with Gasteiger partial charge in [0.15, 0.2) is 0 Å². The average molecular weight is 275 g/mol. The molecule has 0 aromatic carbocycles. The van der Waals surface area contributed by atoms with Crippen molar-refractivity contribution in [2.75, 3.05) is 13.1 Å². The van der Waals surface area contributed by atoms with Gasteiger partial charge in [0.25, 0.3) is 5.91 Å². The molecule has 0 radical (unpaired) electrons. The number of amides is 1. The van der Waals surface area contributed by atoms with Gasteiger partial charge in [0.1, 0.15) is 0 Å². The Labute approximate surface area is 116 Å². The number of aromatic amines is 1. The molecule has 1 aliphatic heterocycles. The zero-order valence-corrected chi connectivity index (χ0v) is 11.7. The maximum Gasteiger partial charge on any atom is 0.264 e. The quantitative estimate of drug-likeness (QED) is 0.916. The number of piperidine rings is 1. The van der Waals surface area contributed by atoms with E-state index in [1.807, 2.05) is 29.3 Å². The van der Waals surface area contributed by atoms with Crippen LogP contribution in [-0.2, 0) is 0 Å². The van der Waals surface area contributed by atoms with Crippen LogP contribution in [0, 0.1) is 6.92 Å². The fourth-order valence-electron chi connectivity index (χ4n) is 2.64. The fraction of sp³-hybridized carbons (Fsp3) is 0.429. The first-order valence-corrected chi connectivity index (χ1v) is 7.46. The average Bonchev–Trinajstić information content (AvgIpc) is 3.09. The van der Waals surface area contributed by atoms with Gasteiger partial charge in [-0.3, -0.25) is 9.89 Å². The van der Waals surface area contributed by atoms with E-state index >= 15 is 0 Å². The maximum atomic E-state index is 12.5. The molecule has 0 aliphatic carbocycles. The Kier molecular flexibility index (Phi) is 3.38. The first kappa shape index (κ1) is 12.4. The van der Waals surface area contributed by atoms with E-state index in [1.165, 1.54) is 11.3 Å². The second-order valence-corrected chi connectivity index (χ2v) is 5.95. The van der Waals surface area contributed by atoms with Crippen LogP contribution in [0.3, 0.4) is 0 Å². The van der Waals surface area contributed by atoms with Crippen molar-refractivity contribution < 1.29 is 4.79 Å². The zero-order valence-electron chi connectivity index (χ0n) is 10.9. The van der Waals surface area contributed by atoms with E-state index in [0.717, 1.165) is 42.1 Å². The van der Waals surface area contributed by atoms with Gasteiger partial charge >= 0.3 is 0 Å². The van der Waals surface area contributed by atoms with Gasteiger partial charge in [-0.25, -0.2) is 0 Å². The van der Waals surface area contributed by atoms with Gasteiger partial charge in [-0.05, 0) is 42.8 Å². The molecule has 0 spiro atoms. The lowest BCUT2D eigenvalue weighted by molar-refractivity contribution is 0.0710. The molecule has 19 heavy (non-hydrogen) atoms. The number of hydrogen-bond acceptors (Lipinski definition) is 3. The predicted octanol–water partition coefficient (Wildman–Crippen LogP) is 2.80. The van der Waals surface area contributed by atoms with Crippen molar-refractivity contribution in [3.63, 3.8) is 0 Å². The van der Waals surface area contributed by atoms with Crippen molar-refractivity contribution in [3.05, 3.63) is 39.8 Å². The Hall–Kier alpha value is -1.62. The molecule has 3 rings (SSSR count). The van der Waals surface area contributed by atoms with Crippen molar-refractivity contribution >= 4 is 17.2 Å². The molecule has 1 atom stereocenters. The van der Waals surface area contributed by atoms with E-state index in [0.29, 0.717) is 5.92 Å². The molecule has 0 saturated carbocycles. The highest BCUT2D eigenvalue weighted by Gasteiger charge is 2.27. The van der Waals surface area contributed by atoms with Crippen LogP contribution in [0.15, 0.2) is 23.7 Å². The summed E-state index contributed by atoms with van der Waals surface area (Å²) in [7, 11) is 0. The number of hydrogen-bond donors (Lipinski definition) is 1. The summed E-state index contributed by atoms with van der Waals surface area (Å²) in [6, 6.07) is 4.02. The van der Waals surface area contributed by atoms with Gasteiger partial charge in [0.05, 0.1) is 4.88 Å². The predicted molar refractivity (Wildman–Crippen MR) is 75.5 cm³/mol. The highest BCUT2D eigenvalue weighted by Crippen LogP contribution is 2.27. The number of thiophene rings is 1. The molecule has 1 amide bonds. The molecule has 1 saturated heterocycles. The van der Waals surface area contributed by atoms with Crippen molar-refractivity contribution in [2.45, 2.75) is 25.7 Å². The minimum absolute atomic E-state index is 0.178. The van der Waals surface area contributed by atoms with Gasteiger partial charge in [-0.2, -0.15) is 5.10 Å². The number of carbonyl (C=O) groups is 1. The fourth-order valence-corrected chi connectivity index (χ4v) is 3.54. The molecule has 3 heterocycles. The second-order valence-electron chi connectivity index (χ2n) is 5.04. The van der Waals surface area contributed by atoms with Crippen LogP contribution in [0.5, 0.6) is 0 Å². The van der Waals surface area contributed by atoms with E-state index in [1.54, 1.807) is 6.20 Å². The van der Waals surface area contributed by atoms with E-state index in [4.69, 9.17) is 0 Å². The Bertz CT molecular complexity index is 561. The number of H-pyrrole nitrogens is 1. The van der Waals surface area contributed by atoms with E-state index in [2.05, 4.69) is 10.2 Å². The first-order chi connectivity index (χ1) is 9.25. The van der Waals surface area contributed by atoms with Crippen molar-refractivity contribution in [1.29, 1.82) is 0 Å². The summed E-state index contributed by atoms with van der Waals surface area (Å²) in [5.74, 6) is 0.567. The Morgan fingerprint density at radius 1 is 1.53 bits per heavy atom. The summed E-state index contributed by atoms with van der Waals surface area (Å²) in [6.45, 7) is 3.65. The van der Waals surface area contributed by atoms with Gasteiger partial charge in [-0.15, -0.1) is 11.3 Å². The second kappa shape index (κ2) is 5.17. The van der Waals surface area contributed by atoms with Crippen molar-refractivity contribution in [2.24, 2.45) is 0 Å². The number of aromatic nitrogens is 2. The van der Waals surface area contributed by atoms with Gasteiger partial charge in [-0.1, -0.05) is 0 Å². The molecule has 2 aromatic heterocycles. The SMILES string of the molecule is Cc1ccsc1C(=O)N1CCC[C@H](c2ccn[nH]2)C1. The molecular formula is C14H17N3OS. The highest BCUT2D eigenvalue weighted by molar-refractivity contribution is 7.12. The molecule has 5 heteroatoms. The summed E-state index contributed by atoms with van der Waals surface area (Å²) >= 11 is 1.54. The highest BCUT2D eigenvalue weighted by atomic mass is 32.1. The summed E-state index contributed by atoms with van der Waals surface area (Å²) in [6.07, 6.45) is 3.95. The van der Waals surface area contributed by atoms with Crippen LogP contribution in [-0.4, -0.2) is 34.1 Å². The molecular weight excluding hydrogens is 258 g/mol. The number of likely N-dealkylation sites (tertiary alicyclic amines) is 1. The van der Waals surface area contributed by atoms with E-state index < -0.39 is 0 Å². The molecule has 1 N–H and O–H groups in total. The van der Waals surface area contributed by atoms with Gasteiger partial charge in [0.2, 0.25) is 0 Å². The summed E-state index contributed by atoms with van der Waals surface area (Å²) < 4.78 is 0. The lowest BCUT2D eigenvalue weighted by Crippen LogP contribution is -2.39. The van der Waals surface area contributed by atoms with E-state index in [9.17, 15) is 4.79 Å². The van der Waals surface area contributed by atoms with Crippen LogP contribution in [0.1, 0.15) is 39.7 Å². The molecule has 4 nitrogen and oxygen atoms in total. The Balaban J connectivity index is 1.75. The minimum Gasteiger partial charge on any atom is -0.337 e. The van der Waals surface area contributed by atoms with Crippen LogP contribution < -0.4 is 0 Å². The summed E-state index contributed by atoms with van der Waals surface area (Å²) in [5, 5.41) is 9.02. The van der Waals surface area contributed by atoms with Crippen molar-refractivity contribution in [1.82, 2.24) is 15.1 Å². The molecule has 0 unspecified atom stereocenters. The summed E-state index contributed by atoms with van der Waals surface area (Å²) in [5.41, 5.74) is 2.22. The number of rotatable bonds is 2. The minimum atomic E-state index is 0.178. The van der Waals surface area contributed by atoms with Gasteiger partial charge < -0.3 is 4.90 Å². The largest absolute Gasteiger partial charge is 0.337 e. The molecule has 100 valence electrons. The normalized spacial score (nSPS) is 19.6. The van der Waals surface area contributed by atoms with E-state index in [-0.39, 0.29) is 5.91 Å². The third-order valence-electron chi connectivity index (χ3n) is 3.73. The van der Waals surface area contributed by atoms with Crippen LogP contribution in [0.4, 0.5) is 0 Å².